The second-order valence-electron chi connectivity index (χ2n) is 2.70. The molecule has 15 heavy (non-hydrogen) atoms. The van der Waals surface area contributed by atoms with Crippen molar-refractivity contribution in [1.82, 2.24) is 15.5 Å². The number of H-pyrrole nitrogens is 1. The smallest absolute Gasteiger partial charge is 0.351 e. The second-order valence-corrected chi connectivity index (χ2v) is 2.70. The van der Waals surface area contributed by atoms with E-state index < -0.39 is 23.3 Å². The number of hydrogen-bond donors (Lipinski definition) is 3. The number of amides is 1. The minimum Gasteiger partial charge on any atom is -0.351 e. The Morgan fingerprint density at radius 3 is 2.80 bits per heavy atom. The predicted octanol–water partition coefficient (Wildman–Crippen LogP) is 0.117. The molecule has 5 nitrogen and oxygen atoms in total. The Morgan fingerprint density at radius 1 is 1.60 bits per heavy atom. The summed E-state index contributed by atoms with van der Waals surface area (Å²) in [5.41, 5.74) is 3.41. The molecule has 84 valence electrons. The molecular formula is C7H9F3N4O. The molecule has 1 aromatic rings. The molecule has 0 radical (unpaired) electrons. The highest BCUT2D eigenvalue weighted by molar-refractivity contribution is 5.95. The zero-order valence-corrected chi connectivity index (χ0v) is 7.56. The minimum absolute atomic E-state index is 0.112. The van der Waals surface area contributed by atoms with Crippen molar-refractivity contribution in [3.8, 4) is 0 Å². The Morgan fingerprint density at radius 2 is 2.27 bits per heavy atom. The van der Waals surface area contributed by atoms with E-state index in [1.807, 2.05) is 0 Å². The fourth-order valence-corrected chi connectivity index (χ4v) is 0.955. The van der Waals surface area contributed by atoms with Gasteiger partial charge in [-0.1, -0.05) is 0 Å². The minimum atomic E-state index is -4.62. The van der Waals surface area contributed by atoms with Gasteiger partial charge in [-0.05, 0) is 0 Å². The molecule has 1 amide bonds. The van der Waals surface area contributed by atoms with Crippen molar-refractivity contribution in [1.29, 1.82) is 0 Å². The summed E-state index contributed by atoms with van der Waals surface area (Å²) in [6.07, 6.45) is -3.79. The molecule has 0 aliphatic carbocycles. The van der Waals surface area contributed by atoms with Gasteiger partial charge in [-0.3, -0.25) is 9.89 Å². The highest BCUT2D eigenvalue weighted by atomic mass is 19.4. The lowest BCUT2D eigenvalue weighted by atomic mass is 10.2. The molecule has 8 heteroatoms. The number of nitrogens with zero attached hydrogens (tertiary/aromatic N) is 1. The SMILES string of the molecule is NCCNC(=O)c1cn[nH]c1C(F)(F)F. The first-order valence-electron chi connectivity index (χ1n) is 4.05. The summed E-state index contributed by atoms with van der Waals surface area (Å²) in [5, 5.41) is 7.14. The van der Waals surface area contributed by atoms with E-state index in [2.05, 4.69) is 10.4 Å². The summed E-state index contributed by atoms with van der Waals surface area (Å²) < 4.78 is 36.9. The molecule has 0 bridgehead atoms. The third-order valence-corrected chi connectivity index (χ3v) is 1.60. The molecule has 0 saturated carbocycles. The van der Waals surface area contributed by atoms with E-state index >= 15 is 0 Å². The zero-order valence-electron chi connectivity index (χ0n) is 7.56. The van der Waals surface area contributed by atoms with Crippen LogP contribution < -0.4 is 11.1 Å². The number of alkyl halides is 3. The number of hydrogen-bond acceptors (Lipinski definition) is 3. The summed E-state index contributed by atoms with van der Waals surface area (Å²) >= 11 is 0. The van der Waals surface area contributed by atoms with E-state index in [1.54, 1.807) is 5.10 Å². The molecule has 1 rings (SSSR count). The largest absolute Gasteiger partial charge is 0.433 e. The van der Waals surface area contributed by atoms with Crippen molar-refractivity contribution in [2.45, 2.75) is 6.18 Å². The number of carbonyl (C=O) groups is 1. The van der Waals surface area contributed by atoms with Crippen LogP contribution in [0.15, 0.2) is 6.20 Å². The molecule has 0 aliphatic rings. The Labute approximate surface area is 82.8 Å². The van der Waals surface area contributed by atoms with Crippen LogP contribution >= 0.6 is 0 Å². The quantitative estimate of drug-likeness (QED) is 0.679. The Kier molecular flexibility index (Phi) is 3.30. The van der Waals surface area contributed by atoms with E-state index in [-0.39, 0.29) is 13.1 Å². The van der Waals surface area contributed by atoms with Gasteiger partial charge < -0.3 is 11.1 Å². The van der Waals surface area contributed by atoms with Crippen LogP contribution in [-0.2, 0) is 6.18 Å². The van der Waals surface area contributed by atoms with Crippen LogP contribution in [0.2, 0.25) is 0 Å². The number of aromatic amines is 1. The van der Waals surface area contributed by atoms with Gasteiger partial charge >= 0.3 is 6.18 Å². The molecule has 4 N–H and O–H groups in total. The second kappa shape index (κ2) is 4.30. The molecule has 0 saturated heterocycles. The average molecular weight is 222 g/mol. The van der Waals surface area contributed by atoms with Gasteiger partial charge in [-0.25, -0.2) is 0 Å². The fraction of sp³-hybridized carbons (Fsp3) is 0.429. The van der Waals surface area contributed by atoms with Crippen molar-refractivity contribution in [2.75, 3.05) is 13.1 Å². The highest BCUT2D eigenvalue weighted by Gasteiger charge is 2.37. The van der Waals surface area contributed by atoms with Crippen LogP contribution in [0.3, 0.4) is 0 Å². The van der Waals surface area contributed by atoms with Crippen molar-refractivity contribution >= 4 is 5.91 Å². The number of aromatic nitrogens is 2. The van der Waals surface area contributed by atoms with Crippen molar-refractivity contribution in [3.63, 3.8) is 0 Å². The number of halogens is 3. The first-order chi connectivity index (χ1) is 6.96. The van der Waals surface area contributed by atoms with E-state index in [9.17, 15) is 18.0 Å². The summed E-state index contributed by atoms with van der Waals surface area (Å²) in [6.45, 7) is 0.270. The summed E-state index contributed by atoms with van der Waals surface area (Å²) in [6, 6.07) is 0. The number of nitrogens with one attached hydrogen (secondary N) is 2. The first kappa shape index (κ1) is 11.5. The lowest BCUT2D eigenvalue weighted by Gasteiger charge is -2.06. The maximum atomic E-state index is 12.3. The number of nitrogens with two attached hydrogens (primary N) is 1. The standard InChI is InChI=1S/C7H9F3N4O/c8-7(9,10)5-4(3-13-14-5)6(15)12-2-1-11/h3H,1-2,11H2,(H,12,15)(H,13,14). The fourth-order valence-electron chi connectivity index (χ4n) is 0.955. The normalized spacial score (nSPS) is 11.5. The van der Waals surface area contributed by atoms with Gasteiger partial charge in [-0.15, -0.1) is 0 Å². The van der Waals surface area contributed by atoms with Crippen LogP contribution in [0.25, 0.3) is 0 Å². The monoisotopic (exact) mass is 222 g/mol. The molecule has 1 heterocycles. The summed E-state index contributed by atoms with van der Waals surface area (Å²) in [5.74, 6) is -0.846. The van der Waals surface area contributed by atoms with Gasteiger partial charge in [-0.2, -0.15) is 18.3 Å². The molecule has 1 aromatic heterocycles. The molecule has 0 unspecified atom stereocenters. The third kappa shape index (κ3) is 2.69. The zero-order chi connectivity index (χ0) is 11.5. The Balaban J connectivity index is 2.86. The molecule has 0 aromatic carbocycles. The molecule has 0 fully saturated rings. The van der Waals surface area contributed by atoms with Crippen LogP contribution in [0.5, 0.6) is 0 Å². The van der Waals surface area contributed by atoms with Gasteiger partial charge in [0.15, 0.2) is 5.69 Å². The van der Waals surface area contributed by atoms with Gasteiger partial charge in [0.25, 0.3) is 5.91 Å². The van der Waals surface area contributed by atoms with Crippen LogP contribution in [-0.4, -0.2) is 29.2 Å². The maximum absolute atomic E-state index is 12.3. The topological polar surface area (TPSA) is 83.8 Å². The average Bonchev–Trinajstić information content (AvgIpc) is 2.61. The lowest BCUT2D eigenvalue weighted by molar-refractivity contribution is -0.141. The van der Waals surface area contributed by atoms with E-state index in [4.69, 9.17) is 5.73 Å². The van der Waals surface area contributed by atoms with Crippen LogP contribution in [0.1, 0.15) is 16.1 Å². The van der Waals surface area contributed by atoms with Gasteiger partial charge in [0.1, 0.15) is 0 Å². The Hall–Kier alpha value is -1.57. The van der Waals surface area contributed by atoms with Crippen molar-refractivity contribution < 1.29 is 18.0 Å². The van der Waals surface area contributed by atoms with Crippen LogP contribution in [0, 0.1) is 0 Å². The lowest BCUT2D eigenvalue weighted by Crippen LogP contribution is -2.30. The van der Waals surface area contributed by atoms with Gasteiger partial charge in [0, 0.05) is 13.1 Å². The van der Waals surface area contributed by atoms with Gasteiger partial charge in [0.05, 0.1) is 11.8 Å². The summed E-state index contributed by atoms with van der Waals surface area (Å²) in [4.78, 5) is 11.2. The van der Waals surface area contributed by atoms with Crippen LogP contribution in [0.4, 0.5) is 13.2 Å². The Bertz CT molecular complexity index is 346. The first-order valence-corrected chi connectivity index (χ1v) is 4.05. The molecule has 0 atom stereocenters. The molecular weight excluding hydrogens is 213 g/mol. The number of rotatable bonds is 3. The van der Waals surface area contributed by atoms with E-state index in [0.29, 0.717) is 0 Å². The highest BCUT2D eigenvalue weighted by Crippen LogP contribution is 2.29. The van der Waals surface area contributed by atoms with Gasteiger partial charge in [0.2, 0.25) is 0 Å². The van der Waals surface area contributed by atoms with Crippen molar-refractivity contribution in [3.05, 3.63) is 17.5 Å². The molecule has 0 aliphatic heterocycles. The van der Waals surface area contributed by atoms with E-state index in [0.717, 1.165) is 6.20 Å². The van der Waals surface area contributed by atoms with E-state index in [1.165, 1.54) is 0 Å². The third-order valence-electron chi connectivity index (χ3n) is 1.60. The predicted molar refractivity (Wildman–Crippen MR) is 45.0 cm³/mol. The van der Waals surface area contributed by atoms with Crippen molar-refractivity contribution in [2.24, 2.45) is 5.73 Å². The molecule has 0 spiro atoms. The number of carbonyl (C=O) groups excluding carboxylic acids is 1. The summed E-state index contributed by atoms with van der Waals surface area (Å²) in [7, 11) is 0. The maximum Gasteiger partial charge on any atom is 0.433 e.